The molecule has 0 aromatic heterocycles. The summed E-state index contributed by atoms with van der Waals surface area (Å²) in [6.45, 7) is 7.34. The van der Waals surface area contributed by atoms with Gasteiger partial charge in [0.25, 0.3) is 0 Å². The lowest BCUT2D eigenvalue weighted by Crippen LogP contribution is -2.31. The third-order valence-electron chi connectivity index (χ3n) is 3.56. The molecule has 0 bridgehead atoms. The fourth-order valence-electron chi connectivity index (χ4n) is 2.64. The van der Waals surface area contributed by atoms with Gasteiger partial charge in [-0.05, 0) is 63.7 Å². The summed E-state index contributed by atoms with van der Waals surface area (Å²) in [5.74, 6) is 3.50. The summed E-state index contributed by atoms with van der Waals surface area (Å²) in [4.78, 5) is 18.4. The Bertz CT molecular complexity index is 515. The van der Waals surface area contributed by atoms with Crippen LogP contribution in [0.4, 0.5) is 0 Å². The number of nitrogens with two attached hydrogens (primary N) is 2. The van der Waals surface area contributed by atoms with Gasteiger partial charge in [-0.1, -0.05) is 13.3 Å². The Morgan fingerprint density at radius 2 is 1.41 bits per heavy atom. The van der Waals surface area contributed by atoms with Crippen molar-refractivity contribution in [2.45, 2.75) is 71.0 Å². The molecule has 0 aliphatic carbocycles. The zero-order chi connectivity index (χ0) is 21.2. The second-order valence-corrected chi connectivity index (χ2v) is 12.3. The summed E-state index contributed by atoms with van der Waals surface area (Å²) < 4.78 is 32.6. The minimum atomic E-state index is -3.99. The fraction of sp³-hybridized carbons (Fsp3) is 1.00. The average Bonchev–Trinajstić information content (AvgIpc) is 2.40. The molecule has 6 N–H and O–H groups in total. The summed E-state index contributed by atoms with van der Waals surface area (Å²) in [5, 5.41) is 0. The van der Waals surface area contributed by atoms with Crippen molar-refractivity contribution in [1.82, 2.24) is 0 Å². The first-order valence-corrected chi connectivity index (χ1v) is 14.6. The highest BCUT2D eigenvalue weighted by Crippen LogP contribution is 2.41. The quantitative estimate of drug-likeness (QED) is 0.194. The Morgan fingerprint density at radius 1 is 0.889 bits per heavy atom. The first-order valence-electron chi connectivity index (χ1n) is 8.98. The lowest BCUT2D eigenvalue weighted by atomic mass is 10.0. The van der Waals surface area contributed by atoms with Crippen LogP contribution in [-0.4, -0.2) is 44.0 Å². The number of hydrogen-bond acceptors (Lipinski definition) is 6. The number of thioether (sulfide) groups is 2. The van der Waals surface area contributed by atoms with Gasteiger partial charge in [-0.15, -0.1) is 0 Å². The van der Waals surface area contributed by atoms with Crippen LogP contribution in [0.15, 0.2) is 0 Å². The van der Waals surface area contributed by atoms with E-state index in [9.17, 15) is 14.0 Å². The van der Waals surface area contributed by atoms with Crippen LogP contribution in [0.3, 0.4) is 0 Å². The van der Waals surface area contributed by atoms with E-state index in [1.54, 1.807) is 25.6 Å². The van der Waals surface area contributed by atoms with E-state index in [0.717, 1.165) is 36.5 Å². The molecule has 3 atom stereocenters. The van der Waals surface area contributed by atoms with Crippen LogP contribution in [0.25, 0.3) is 0 Å². The van der Waals surface area contributed by atoms with Gasteiger partial charge in [-0.3, -0.25) is 9.05 Å². The van der Waals surface area contributed by atoms with Gasteiger partial charge >= 0.3 is 15.5 Å². The number of rotatable bonds is 16. The molecule has 0 aliphatic rings. The van der Waals surface area contributed by atoms with Crippen molar-refractivity contribution in [3.05, 3.63) is 0 Å². The molecule has 0 saturated carbocycles. The topological polar surface area (TPSA) is 145 Å². The van der Waals surface area contributed by atoms with Gasteiger partial charge in [0, 0.05) is 5.75 Å². The lowest BCUT2D eigenvalue weighted by molar-refractivity contribution is 0.0829. The summed E-state index contributed by atoms with van der Waals surface area (Å²) in [6, 6.07) is 0. The minimum absolute atomic E-state index is 0.624. The Morgan fingerprint density at radius 3 is 1.93 bits per heavy atom. The summed E-state index contributed by atoms with van der Waals surface area (Å²) in [7, 11) is -7.94. The third kappa shape index (κ3) is 17.5. The summed E-state index contributed by atoms with van der Waals surface area (Å²) >= 11 is 3.52. The predicted octanol–water partition coefficient (Wildman–Crippen LogP) is 4.11. The molecule has 0 fully saturated rings. The van der Waals surface area contributed by atoms with Crippen molar-refractivity contribution in [1.29, 1.82) is 0 Å². The van der Waals surface area contributed by atoms with Crippen molar-refractivity contribution < 1.29 is 28.0 Å². The van der Waals surface area contributed by atoms with Crippen LogP contribution in [0.5, 0.6) is 0 Å². The Balaban J connectivity index is 3.88. The van der Waals surface area contributed by atoms with Crippen LogP contribution in [0.1, 0.15) is 59.8 Å². The molecule has 0 heterocycles. The molecular formula is C15H36N2O6P2S2. The van der Waals surface area contributed by atoms with E-state index in [-0.39, 0.29) is 0 Å². The van der Waals surface area contributed by atoms with E-state index in [2.05, 4.69) is 0 Å². The molecule has 0 aromatic carbocycles. The van der Waals surface area contributed by atoms with Gasteiger partial charge in [-0.2, -0.15) is 23.5 Å². The van der Waals surface area contributed by atoms with E-state index in [4.69, 9.17) is 24.9 Å². The Hall–Kier alpha value is 0.920. The zero-order valence-electron chi connectivity index (χ0n) is 16.8. The molecule has 0 aliphatic heterocycles. The molecule has 0 amide bonds. The van der Waals surface area contributed by atoms with Crippen molar-refractivity contribution in [3.63, 3.8) is 0 Å². The van der Waals surface area contributed by atoms with Gasteiger partial charge in [-0.25, -0.2) is 20.1 Å². The van der Waals surface area contributed by atoms with E-state index in [0.29, 0.717) is 18.6 Å². The molecule has 0 aromatic rings. The molecule has 0 radical (unpaired) electrons. The van der Waals surface area contributed by atoms with Crippen LogP contribution >= 0.6 is 39.0 Å². The summed E-state index contributed by atoms with van der Waals surface area (Å²) in [6.07, 6.45) is 4.07. The second kappa shape index (κ2) is 12.6. The fourth-order valence-corrected chi connectivity index (χ4v) is 6.53. The predicted molar refractivity (Wildman–Crippen MR) is 116 cm³/mol. The molecule has 164 valence electrons. The standard InChI is InChI=1S/C15H36N2O6P2S2/c1-5-8-15(4,23-25(17,20)21)13-27-12-7-11-26-10-6-9-14(2,3)22-24(16,18)19/h5-13H2,1-4H3,(H3,16,18,19)(H3,17,20,21). The first kappa shape index (κ1) is 27.9. The second-order valence-electron chi connectivity index (χ2n) is 7.39. The average molecular weight is 467 g/mol. The highest BCUT2D eigenvalue weighted by Gasteiger charge is 2.31. The Labute approximate surface area is 172 Å². The molecule has 3 unspecified atom stereocenters. The molecule has 0 saturated heterocycles. The molecule has 12 heteroatoms. The van der Waals surface area contributed by atoms with E-state index < -0.39 is 26.7 Å². The van der Waals surface area contributed by atoms with Crippen LogP contribution in [0, 0.1) is 0 Å². The molecular weight excluding hydrogens is 430 g/mol. The van der Waals surface area contributed by atoms with Crippen molar-refractivity contribution in [2.24, 2.45) is 11.0 Å². The lowest BCUT2D eigenvalue weighted by Gasteiger charge is -2.29. The maximum absolute atomic E-state index is 11.3. The van der Waals surface area contributed by atoms with Crippen LogP contribution in [0.2, 0.25) is 0 Å². The molecule has 8 nitrogen and oxygen atoms in total. The minimum Gasteiger partial charge on any atom is -0.313 e. The third-order valence-corrected chi connectivity index (χ3v) is 7.57. The maximum atomic E-state index is 11.3. The monoisotopic (exact) mass is 466 g/mol. The molecule has 27 heavy (non-hydrogen) atoms. The van der Waals surface area contributed by atoms with Crippen LogP contribution in [-0.2, 0) is 18.2 Å². The first-order chi connectivity index (χ1) is 12.2. The summed E-state index contributed by atoms with van der Waals surface area (Å²) in [5.41, 5.74) is 8.78. The molecule has 0 rings (SSSR count). The van der Waals surface area contributed by atoms with Crippen molar-refractivity contribution in [3.8, 4) is 0 Å². The molecule has 0 spiro atoms. The van der Waals surface area contributed by atoms with Crippen molar-refractivity contribution >= 4 is 39.0 Å². The normalized spacial score (nSPS) is 19.3. The van der Waals surface area contributed by atoms with E-state index in [1.165, 1.54) is 0 Å². The van der Waals surface area contributed by atoms with Gasteiger partial charge in [0.15, 0.2) is 0 Å². The van der Waals surface area contributed by atoms with Gasteiger partial charge < -0.3 is 9.79 Å². The maximum Gasteiger partial charge on any atom is 0.400 e. The zero-order valence-corrected chi connectivity index (χ0v) is 20.2. The highest BCUT2D eigenvalue weighted by atomic mass is 32.2. The smallest absolute Gasteiger partial charge is 0.313 e. The van der Waals surface area contributed by atoms with E-state index in [1.807, 2.05) is 25.6 Å². The SMILES string of the molecule is CCCC(C)(CSCCCSCCCC(C)(C)OP(N)(=O)O)OP(N)(=O)O. The highest BCUT2D eigenvalue weighted by molar-refractivity contribution is 8.00. The van der Waals surface area contributed by atoms with Crippen molar-refractivity contribution in [2.75, 3.05) is 23.0 Å². The Kier molecular flexibility index (Phi) is 13.0. The van der Waals surface area contributed by atoms with Gasteiger partial charge in [0.1, 0.15) is 0 Å². The number of hydrogen-bond donors (Lipinski definition) is 4. The van der Waals surface area contributed by atoms with E-state index >= 15 is 0 Å². The largest absolute Gasteiger partial charge is 0.400 e. The van der Waals surface area contributed by atoms with Gasteiger partial charge in [0.2, 0.25) is 0 Å². The van der Waals surface area contributed by atoms with Gasteiger partial charge in [0.05, 0.1) is 11.2 Å². The van der Waals surface area contributed by atoms with Crippen LogP contribution < -0.4 is 11.0 Å².